The van der Waals surface area contributed by atoms with Gasteiger partial charge in [-0.05, 0) is 19.1 Å². The van der Waals surface area contributed by atoms with E-state index < -0.39 is 0 Å². The molecule has 1 aliphatic heterocycles. The van der Waals surface area contributed by atoms with E-state index in [1.165, 1.54) is 0 Å². The number of carbonyl (C=O) groups is 1. The summed E-state index contributed by atoms with van der Waals surface area (Å²) in [7, 11) is 1.76. The monoisotopic (exact) mass is 350 g/mol. The topological polar surface area (TPSA) is 95.9 Å². The fourth-order valence-corrected chi connectivity index (χ4v) is 3.73. The van der Waals surface area contributed by atoms with Crippen LogP contribution in [-0.2, 0) is 11.8 Å². The number of H-pyrrole nitrogens is 1. The van der Waals surface area contributed by atoms with Crippen LogP contribution in [0.2, 0.25) is 0 Å². The van der Waals surface area contributed by atoms with Gasteiger partial charge in [-0.1, -0.05) is 6.92 Å². The molecule has 3 rings (SSSR count). The molecule has 1 saturated heterocycles. The van der Waals surface area contributed by atoms with Crippen molar-refractivity contribution in [2.45, 2.75) is 31.1 Å². The lowest BCUT2D eigenvalue weighted by Gasteiger charge is -2.21. The van der Waals surface area contributed by atoms with Gasteiger partial charge in [-0.3, -0.25) is 14.6 Å². The molecule has 2 aromatic rings. The Hall–Kier alpha value is -2.03. The molecule has 1 aliphatic rings. The van der Waals surface area contributed by atoms with Crippen LogP contribution in [0.15, 0.2) is 11.1 Å². The van der Waals surface area contributed by atoms with Crippen LogP contribution >= 0.6 is 11.8 Å². The van der Waals surface area contributed by atoms with E-state index in [1.54, 1.807) is 29.7 Å². The summed E-state index contributed by atoms with van der Waals surface area (Å²) in [6.07, 6.45) is 5.20. The van der Waals surface area contributed by atoms with Crippen molar-refractivity contribution < 1.29 is 4.79 Å². The Morgan fingerprint density at radius 3 is 3.08 bits per heavy atom. The molecule has 9 heteroatoms. The Morgan fingerprint density at radius 1 is 1.58 bits per heavy atom. The zero-order valence-corrected chi connectivity index (χ0v) is 14.9. The average Bonchev–Trinajstić information content (AvgIpc) is 3.16. The third kappa shape index (κ3) is 3.12. The quantitative estimate of drug-likeness (QED) is 0.828. The SMILES string of the molecule is CCC(SC)C(=O)N1CC[C@@H](Nc2nc3ncn(C)c3c(=O)[nH]2)C1. The van der Waals surface area contributed by atoms with Crippen LogP contribution < -0.4 is 10.9 Å². The first kappa shape index (κ1) is 16.8. The number of likely N-dealkylation sites (tertiary alicyclic amines) is 1. The normalized spacial score (nSPS) is 19.0. The van der Waals surface area contributed by atoms with Crippen molar-refractivity contribution in [1.82, 2.24) is 24.4 Å². The molecule has 24 heavy (non-hydrogen) atoms. The summed E-state index contributed by atoms with van der Waals surface area (Å²) in [6, 6.07) is 0.0811. The van der Waals surface area contributed by atoms with Crippen LogP contribution in [-0.4, -0.2) is 61.0 Å². The molecule has 1 fully saturated rings. The van der Waals surface area contributed by atoms with Gasteiger partial charge < -0.3 is 14.8 Å². The van der Waals surface area contributed by atoms with Crippen molar-refractivity contribution in [3.8, 4) is 0 Å². The fourth-order valence-electron chi connectivity index (χ4n) is 3.05. The molecule has 0 aromatic carbocycles. The highest BCUT2D eigenvalue weighted by atomic mass is 32.2. The Balaban J connectivity index is 1.70. The van der Waals surface area contributed by atoms with E-state index in [0.29, 0.717) is 23.7 Å². The number of aryl methyl sites for hydroxylation is 1. The number of fused-ring (bicyclic) bond motifs is 1. The Bertz CT molecular complexity index is 797. The van der Waals surface area contributed by atoms with E-state index >= 15 is 0 Å². The average molecular weight is 350 g/mol. The zero-order valence-electron chi connectivity index (χ0n) is 14.1. The van der Waals surface area contributed by atoms with E-state index in [-0.39, 0.29) is 22.8 Å². The smallest absolute Gasteiger partial charge is 0.278 e. The number of carbonyl (C=O) groups excluding carboxylic acids is 1. The van der Waals surface area contributed by atoms with Gasteiger partial charge in [0.15, 0.2) is 11.2 Å². The number of rotatable bonds is 5. The predicted octanol–water partition coefficient (Wildman–Crippen LogP) is 0.811. The summed E-state index contributed by atoms with van der Waals surface area (Å²) in [6.45, 7) is 3.38. The Kier molecular flexibility index (Phi) is 4.79. The van der Waals surface area contributed by atoms with Crippen LogP contribution in [0.1, 0.15) is 19.8 Å². The highest BCUT2D eigenvalue weighted by Gasteiger charge is 2.30. The van der Waals surface area contributed by atoms with Crippen LogP contribution in [0.4, 0.5) is 5.95 Å². The second kappa shape index (κ2) is 6.84. The van der Waals surface area contributed by atoms with Gasteiger partial charge in [0.05, 0.1) is 11.6 Å². The predicted molar refractivity (Wildman–Crippen MR) is 95.3 cm³/mol. The largest absolute Gasteiger partial charge is 0.351 e. The van der Waals surface area contributed by atoms with Gasteiger partial charge in [-0.2, -0.15) is 16.7 Å². The molecule has 1 amide bonds. The minimum atomic E-state index is -0.221. The second-order valence-corrected chi connectivity index (χ2v) is 7.03. The molecule has 2 N–H and O–H groups in total. The molecule has 8 nitrogen and oxygen atoms in total. The van der Waals surface area contributed by atoms with Gasteiger partial charge in [-0.15, -0.1) is 0 Å². The molecule has 0 aliphatic carbocycles. The zero-order chi connectivity index (χ0) is 17.3. The van der Waals surface area contributed by atoms with Gasteiger partial charge in [-0.25, -0.2) is 4.98 Å². The van der Waals surface area contributed by atoms with Crippen LogP contribution in [0.3, 0.4) is 0 Å². The number of imidazole rings is 1. The van der Waals surface area contributed by atoms with E-state index in [4.69, 9.17) is 0 Å². The molecule has 0 radical (unpaired) electrons. The lowest BCUT2D eigenvalue weighted by Crippen LogP contribution is -2.37. The molecule has 1 unspecified atom stereocenters. The van der Waals surface area contributed by atoms with E-state index in [0.717, 1.165) is 19.4 Å². The number of nitrogens with zero attached hydrogens (tertiary/aromatic N) is 4. The molecule has 130 valence electrons. The van der Waals surface area contributed by atoms with Gasteiger partial charge >= 0.3 is 0 Å². The number of hydrogen-bond acceptors (Lipinski definition) is 6. The fraction of sp³-hybridized carbons (Fsp3) is 0.600. The molecule has 0 saturated carbocycles. The minimum Gasteiger partial charge on any atom is -0.351 e. The Morgan fingerprint density at radius 2 is 2.38 bits per heavy atom. The first-order valence-electron chi connectivity index (χ1n) is 8.03. The van der Waals surface area contributed by atoms with Crippen molar-refractivity contribution in [2.24, 2.45) is 7.05 Å². The number of nitrogens with one attached hydrogen (secondary N) is 2. The van der Waals surface area contributed by atoms with E-state index in [9.17, 15) is 9.59 Å². The summed E-state index contributed by atoms with van der Waals surface area (Å²) in [5.41, 5.74) is 0.652. The molecule has 0 spiro atoms. The van der Waals surface area contributed by atoms with Crippen molar-refractivity contribution in [3.63, 3.8) is 0 Å². The number of thioether (sulfide) groups is 1. The maximum absolute atomic E-state index is 12.4. The van der Waals surface area contributed by atoms with Crippen LogP contribution in [0.25, 0.3) is 11.2 Å². The van der Waals surface area contributed by atoms with Crippen molar-refractivity contribution >= 4 is 34.8 Å². The van der Waals surface area contributed by atoms with Crippen molar-refractivity contribution in [3.05, 3.63) is 16.7 Å². The summed E-state index contributed by atoms with van der Waals surface area (Å²) in [4.78, 5) is 37.7. The van der Waals surface area contributed by atoms with Crippen molar-refractivity contribution in [1.29, 1.82) is 0 Å². The van der Waals surface area contributed by atoms with Gasteiger partial charge in [0, 0.05) is 26.2 Å². The molecule has 2 atom stereocenters. The second-order valence-electron chi connectivity index (χ2n) is 5.99. The van der Waals surface area contributed by atoms with Gasteiger partial charge in [0.1, 0.15) is 0 Å². The first-order valence-corrected chi connectivity index (χ1v) is 9.31. The molecule has 0 bridgehead atoms. The molecular weight excluding hydrogens is 328 g/mol. The number of amides is 1. The highest BCUT2D eigenvalue weighted by Crippen LogP contribution is 2.19. The summed E-state index contributed by atoms with van der Waals surface area (Å²) in [5.74, 6) is 0.596. The molecular formula is C15H22N6O2S. The van der Waals surface area contributed by atoms with Crippen LogP contribution in [0, 0.1) is 0 Å². The summed E-state index contributed by atoms with van der Waals surface area (Å²) >= 11 is 1.59. The van der Waals surface area contributed by atoms with E-state index in [1.807, 2.05) is 18.1 Å². The third-order valence-electron chi connectivity index (χ3n) is 4.35. The highest BCUT2D eigenvalue weighted by molar-refractivity contribution is 7.99. The number of anilines is 1. The summed E-state index contributed by atoms with van der Waals surface area (Å²) in [5, 5.41) is 3.25. The minimum absolute atomic E-state index is 0.0200. The molecule has 3 heterocycles. The number of hydrogen-bond donors (Lipinski definition) is 2. The third-order valence-corrected chi connectivity index (χ3v) is 5.46. The van der Waals surface area contributed by atoms with Gasteiger partial charge in [0.25, 0.3) is 5.56 Å². The lowest BCUT2D eigenvalue weighted by atomic mass is 10.3. The number of aromatic nitrogens is 4. The first-order chi connectivity index (χ1) is 11.5. The van der Waals surface area contributed by atoms with Gasteiger partial charge in [0.2, 0.25) is 11.9 Å². The number of aromatic amines is 1. The summed E-state index contributed by atoms with van der Waals surface area (Å²) < 4.78 is 1.65. The van der Waals surface area contributed by atoms with Crippen molar-refractivity contribution in [2.75, 3.05) is 24.7 Å². The lowest BCUT2D eigenvalue weighted by molar-refractivity contribution is -0.129. The Labute approximate surface area is 144 Å². The maximum atomic E-state index is 12.4. The maximum Gasteiger partial charge on any atom is 0.278 e. The van der Waals surface area contributed by atoms with E-state index in [2.05, 4.69) is 20.3 Å². The molecule has 2 aromatic heterocycles. The van der Waals surface area contributed by atoms with Crippen LogP contribution in [0.5, 0.6) is 0 Å². The standard InChI is InChI=1S/C15H22N6O2S/c1-4-10(24-3)14(23)21-6-5-9(7-21)17-15-18-12-11(13(22)19-15)20(2)8-16-12/h8-10H,4-7H2,1-3H3,(H2,17,18,19,22)/t9-,10?/m1/s1.